The van der Waals surface area contributed by atoms with E-state index in [1.807, 2.05) is 25.1 Å². The van der Waals surface area contributed by atoms with Gasteiger partial charge < -0.3 is 15.1 Å². The smallest absolute Gasteiger partial charge is 0.267 e. The van der Waals surface area contributed by atoms with E-state index in [-0.39, 0.29) is 11.5 Å². The van der Waals surface area contributed by atoms with Gasteiger partial charge in [-0.1, -0.05) is 37.3 Å². The molecule has 5 nitrogen and oxygen atoms in total. The molecular weight excluding hydrogens is 372 g/mol. The van der Waals surface area contributed by atoms with Gasteiger partial charge >= 0.3 is 0 Å². The molecule has 0 radical (unpaired) electrons. The van der Waals surface area contributed by atoms with Crippen LogP contribution in [0.15, 0.2) is 48.2 Å². The molecule has 2 aromatic rings. The first-order valence-corrected chi connectivity index (χ1v) is 10.5. The summed E-state index contributed by atoms with van der Waals surface area (Å²) in [6.07, 6.45) is 2.53. The number of amides is 1. The number of carbonyl (C=O) groups excluding carboxylic acids is 1. The number of hydrogen-bond acceptors (Lipinski definition) is 4. The molecular formula is C25H30N4O. The van der Waals surface area contributed by atoms with E-state index in [0.29, 0.717) is 0 Å². The van der Waals surface area contributed by atoms with Gasteiger partial charge in [-0.25, -0.2) is 0 Å². The van der Waals surface area contributed by atoms with Crippen LogP contribution in [0.3, 0.4) is 0 Å². The van der Waals surface area contributed by atoms with Crippen LogP contribution < -0.4 is 10.2 Å². The second kappa shape index (κ2) is 9.49. The molecule has 0 saturated carbocycles. The number of nitriles is 1. The zero-order chi connectivity index (χ0) is 21.7. The molecule has 3 rings (SSSR count). The summed E-state index contributed by atoms with van der Waals surface area (Å²) < 4.78 is 0. The minimum atomic E-state index is -0.349. The van der Waals surface area contributed by atoms with Crippen LogP contribution in [-0.4, -0.2) is 37.0 Å². The fourth-order valence-corrected chi connectivity index (χ4v) is 3.87. The third-order valence-corrected chi connectivity index (χ3v) is 5.89. The number of anilines is 2. The minimum absolute atomic E-state index is 0.139. The summed E-state index contributed by atoms with van der Waals surface area (Å²) in [6, 6.07) is 14.4. The number of rotatable bonds is 5. The number of nitrogens with one attached hydrogen (secondary N) is 1. The third kappa shape index (κ3) is 4.65. The molecule has 1 heterocycles. The molecule has 1 aliphatic rings. The quantitative estimate of drug-likeness (QED) is 0.597. The van der Waals surface area contributed by atoms with E-state index in [1.165, 1.54) is 16.8 Å². The van der Waals surface area contributed by atoms with E-state index in [9.17, 15) is 10.1 Å². The van der Waals surface area contributed by atoms with Gasteiger partial charge in [-0.05, 0) is 55.5 Å². The van der Waals surface area contributed by atoms with Crippen molar-refractivity contribution < 1.29 is 4.79 Å². The SMILES string of the molecule is CCc1cccc(C)c1NC(=O)/C(C#N)=C\N1CCN(c2cccc(C)c2C)CC1. The summed E-state index contributed by atoms with van der Waals surface area (Å²) in [5.74, 6) is -0.349. The van der Waals surface area contributed by atoms with Gasteiger partial charge in [0.15, 0.2) is 0 Å². The maximum absolute atomic E-state index is 12.8. The summed E-state index contributed by atoms with van der Waals surface area (Å²) in [5.41, 5.74) is 6.89. The Bertz CT molecular complexity index is 995. The molecule has 0 bridgehead atoms. The van der Waals surface area contributed by atoms with E-state index in [4.69, 9.17) is 0 Å². The van der Waals surface area contributed by atoms with Crippen molar-refractivity contribution in [3.05, 3.63) is 70.4 Å². The van der Waals surface area contributed by atoms with Crippen molar-refractivity contribution in [2.75, 3.05) is 36.4 Å². The maximum Gasteiger partial charge on any atom is 0.267 e. The van der Waals surface area contributed by atoms with Gasteiger partial charge in [0.2, 0.25) is 0 Å². The zero-order valence-electron chi connectivity index (χ0n) is 18.3. The van der Waals surface area contributed by atoms with E-state index in [0.717, 1.165) is 49.4 Å². The first-order chi connectivity index (χ1) is 14.4. The largest absolute Gasteiger partial charge is 0.373 e. The Morgan fingerprint density at radius 2 is 1.73 bits per heavy atom. The van der Waals surface area contributed by atoms with Crippen molar-refractivity contribution in [2.24, 2.45) is 0 Å². The van der Waals surface area contributed by atoms with Crippen molar-refractivity contribution >= 4 is 17.3 Å². The number of carbonyl (C=O) groups is 1. The van der Waals surface area contributed by atoms with E-state index < -0.39 is 0 Å². The first kappa shape index (κ1) is 21.4. The average Bonchev–Trinajstić information content (AvgIpc) is 2.75. The number of benzene rings is 2. The van der Waals surface area contributed by atoms with Crippen LogP contribution in [0, 0.1) is 32.1 Å². The van der Waals surface area contributed by atoms with E-state index in [2.05, 4.69) is 60.2 Å². The van der Waals surface area contributed by atoms with Gasteiger partial charge in [0.1, 0.15) is 11.6 Å². The number of para-hydroxylation sites is 1. The normalized spacial score (nSPS) is 14.4. The van der Waals surface area contributed by atoms with Gasteiger partial charge in [-0.3, -0.25) is 4.79 Å². The van der Waals surface area contributed by atoms with Crippen LogP contribution in [0.25, 0.3) is 0 Å². The number of hydrogen-bond donors (Lipinski definition) is 1. The summed E-state index contributed by atoms with van der Waals surface area (Å²) in [4.78, 5) is 17.2. The van der Waals surface area contributed by atoms with Crippen LogP contribution in [0.2, 0.25) is 0 Å². The fraction of sp³-hybridized carbons (Fsp3) is 0.360. The molecule has 0 aromatic heterocycles. The summed E-state index contributed by atoms with van der Waals surface area (Å²) in [6.45, 7) is 11.6. The van der Waals surface area contributed by atoms with Gasteiger partial charge in [0.05, 0.1) is 0 Å². The van der Waals surface area contributed by atoms with Crippen LogP contribution >= 0.6 is 0 Å². The molecule has 1 amide bonds. The van der Waals surface area contributed by atoms with E-state index in [1.54, 1.807) is 6.20 Å². The highest BCUT2D eigenvalue weighted by molar-refractivity contribution is 6.07. The molecule has 2 aromatic carbocycles. The van der Waals surface area contributed by atoms with Crippen molar-refractivity contribution in [2.45, 2.75) is 34.1 Å². The Balaban J connectivity index is 1.68. The second-order valence-corrected chi connectivity index (χ2v) is 7.81. The molecule has 30 heavy (non-hydrogen) atoms. The topological polar surface area (TPSA) is 59.4 Å². The van der Waals surface area contributed by atoms with Crippen LogP contribution in [0.4, 0.5) is 11.4 Å². The standard InChI is InChI=1S/C25H30N4O/c1-5-21-10-6-9-19(3)24(21)27-25(30)22(16-26)17-28-12-14-29(15-13-28)23-11-7-8-18(2)20(23)4/h6-11,17H,5,12-15H2,1-4H3,(H,27,30)/b22-17-. The molecule has 156 valence electrons. The zero-order valence-corrected chi connectivity index (χ0v) is 18.3. The highest BCUT2D eigenvalue weighted by atomic mass is 16.1. The molecule has 1 aliphatic heterocycles. The van der Waals surface area contributed by atoms with Crippen LogP contribution in [-0.2, 0) is 11.2 Å². The van der Waals surface area contributed by atoms with Crippen molar-refractivity contribution in [1.29, 1.82) is 5.26 Å². The lowest BCUT2D eigenvalue weighted by atomic mass is 10.1. The predicted octanol–water partition coefficient (Wildman–Crippen LogP) is 4.34. The molecule has 0 aliphatic carbocycles. The van der Waals surface area contributed by atoms with Crippen molar-refractivity contribution in [1.82, 2.24) is 4.90 Å². The minimum Gasteiger partial charge on any atom is -0.373 e. The van der Waals surface area contributed by atoms with Gasteiger partial charge in [0.25, 0.3) is 5.91 Å². The third-order valence-electron chi connectivity index (χ3n) is 5.89. The average molecular weight is 403 g/mol. The Hall–Kier alpha value is -3.26. The Kier molecular flexibility index (Phi) is 6.79. The fourth-order valence-electron chi connectivity index (χ4n) is 3.87. The first-order valence-electron chi connectivity index (χ1n) is 10.5. The molecule has 0 unspecified atom stereocenters. The predicted molar refractivity (Wildman–Crippen MR) is 123 cm³/mol. The van der Waals surface area contributed by atoms with Gasteiger partial charge in [0, 0.05) is 43.8 Å². The Morgan fingerprint density at radius 3 is 2.40 bits per heavy atom. The maximum atomic E-state index is 12.8. The summed E-state index contributed by atoms with van der Waals surface area (Å²) >= 11 is 0. The lowest BCUT2D eigenvalue weighted by molar-refractivity contribution is -0.112. The lowest BCUT2D eigenvalue weighted by Crippen LogP contribution is -2.44. The number of nitrogens with zero attached hydrogens (tertiary/aromatic N) is 3. The van der Waals surface area contributed by atoms with Crippen molar-refractivity contribution in [3.8, 4) is 6.07 Å². The molecule has 5 heteroatoms. The van der Waals surface area contributed by atoms with Gasteiger partial charge in [-0.15, -0.1) is 0 Å². The Labute approximate surface area is 179 Å². The van der Waals surface area contributed by atoms with Crippen LogP contribution in [0.1, 0.15) is 29.2 Å². The molecule has 0 atom stereocenters. The second-order valence-electron chi connectivity index (χ2n) is 7.81. The van der Waals surface area contributed by atoms with Gasteiger partial charge in [-0.2, -0.15) is 5.26 Å². The van der Waals surface area contributed by atoms with E-state index >= 15 is 0 Å². The van der Waals surface area contributed by atoms with Crippen LogP contribution in [0.5, 0.6) is 0 Å². The molecule has 1 fully saturated rings. The van der Waals surface area contributed by atoms with Crippen molar-refractivity contribution in [3.63, 3.8) is 0 Å². The highest BCUT2D eigenvalue weighted by Gasteiger charge is 2.19. The summed E-state index contributed by atoms with van der Waals surface area (Å²) in [7, 11) is 0. The lowest BCUT2D eigenvalue weighted by Gasteiger charge is -2.36. The molecule has 1 N–H and O–H groups in total. The number of piperazine rings is 1. The number of aryl methyl sites for hydroxylation is 3. The molecule has 1 saturated heterocycles. The highest BCUT2D eigenvalue weighted by Crippen LogP contribution is 2.24. The monoisotopic (exact) mass is 402 g/mol. The summed E-state index contributed by atoms with van der Waals surface area (Å²) in [5, 5.41) is 12.5. The Morgan fingerprint density at radius 1 is 1.07 bits per heavy atom. The molecule has 0 spiro atoms.